The molecule has 1 aromatic carbocycles. The Morgan fingerprint density at radius 3 is 2.57 bits per heavy atom. The molecule has 1 fully saturated rings. The molecular formula is C19H31N3O. The third-order valence-corrected chi connectivity index (χ3v) is 4.41. The Morgan fingerprint density at radius 2 is 2.00 bits per heavy atom. The van der Waals surface area contributed by atoms with Crippen molar-refractivity contribution in [3.63, 3.8) is 0 Å². The summed E-state index contributed by atoms with van der Waals surface area (Å²) < 4.78 is 0. The van der Waals surface area contributed by atoms with Crippen LogP contribution in [-0.4, -0.2) is 51.1 Å². The van der Waals surface area contributed by atoms with Gasteiger partial charge in [0, 0.05) is 25.2 Å². The third-order valence-electron chi connectivity index (χ3n) is 4.41. The summed E-state index contributed by atoms with van der Waals surface area (Å²) in [6.07, 6.45) is 2.46. The van der Waals surface area contributed by atoms with Crippen molar-refractivity contribution < 1.29 is 4.79 Å². The highest BCUT2D eigenvalue weighted by Gasteiger charge is 2.20. The summed E-state index contributed by atoms with van der Waals surface area (Å²) in [4.78, 5) is 14.5. The molecule has 1 amide bonds. The van der Waals surface area contributed by atoms with Crippen molar-refractivity contribution >= 4 is 5.91 Å². The zero-order valence-corrected chi connectivity index (χ0v) is 15.0. The van der Waals surface area contributed by atoms with Crippen LogP contribution in [0.1, 0.15) is 48.5 Å². The van der Waals surface area contributed by atoms with Crippen molar-refractivity contribution in [2.75, 3.05) is 40.3 Å². The van der Waals surface area contributed by atoms with Crippen molar-refractivity contribution in [2.24, 2.45) is 5.41 Å². The van der Waals surface area contributed by atoms with Crippen molar-refractivity contribution in [1.29, 1.82) is 0 Å². The summed E-state index contributed by atoms with van der Waals surface area (Å²) in [5.74, 6) is 0.602. The molecule has 4 heteroatoms. The molecule has 1 aliphatic rings. The van der Waals surface area contributed by atoms with Gasteiger partial charge >= 0.3 is 0 Å². The van der Waals surface area contributed by atoms with Gasteiger partial charge in [0.15, 0.2) is 0 Å². The van der Waals surface area contributed by atoms with Gasteiger partial charge in [0.05, 0.1) is 0 Å². The fourth-order valence-corrected chi connectivity index (χ4v) is 3.38. The normalized spacial score (nSPS) is 18.9. The predicted octanol–water partition coefficient (Wildman–Crippen LogP) is 2.47. The Hall–Kier alpha value is -1.39. The number of carbonyl (C=O) groups is 1. The van der Waals surface area contributed by atoms with Gasteiger partial charge in [-0.25, -0.2) is 0 Å². The Kier molecular flexibility index (Phi) is 6.19. The first-order valence-electron chi connectivity index (χ1n) is 8.61. The van der Waals surface area contributed by atoms with Gasteiger partial charge in [0.1, 0.15) is 0 Å². The quantitative estimate of drug-likeness (QED) is 0.847. The molecule has 128 valence electrons. The number of hydrogen-bond acceptors (Lipinski definition) is 3. The highest BCUT2D eigenvalue weighted by molar-refractivity contribution is 5.94. The van der Waals surface area contributed by atoms with Gasteiger partial charge in [0.2, 0.25) is 0 Å². The maximum atomic E-state index is 12.3. The maximum absolute atomic E-state index is 12.3. The zero-order chi connectivity index (χ0) is 16.9. The number of carbonyl (C=O) groups excluding carboxylic acids is 1. The van der Waals surface area contributed by atoms with Crippen LogP contribution in [0.5, 0.6) is 0 Å². The summed E-state index contributed by atoms with van der Waals surface area (Å²) in [5, 5.41) is 6.51. The molecule has 1 atom stereocenters. The van der Waals surface area contributed by atoms with Crippen LogP contribution < -0.4 is 10.6 Å². The fourth-order valence-electron chi connectivity index (χ4n) is 3.38. The molecule has 23 heavy (non-hydrogen) atoms. The van der Waals surface area contributed by atoms with Gasteiger partial charge in [-0.3, -0.25) is 4.79 Å². The average Bonchev–Trinajstić information content (AvgIpc) is 2.52. The van der Waals surface area contributed by atoms with Gasteiger partial charge in [-0.2, -0.15) is 0 Å². The molecule has 2 N–H and O–H groups in total. The number of piperidine rings is 1. The second kappa shape index (κ2) is 7.93. The monoisotopic (exact) mass is 317 g/mol. The second-order valence-corrected chi connectivity index (χ2v) is 7.75. The molecule has 1 aliphatic heterocycles. The number of nitrogens with one attached hydrogen (secondary N) is 2. The van der Waals surface area contributed by atoms with Crippen LogP contribution in [0, 0.1) is 5.41 Å². The minimum absolute atomic E-state index is 0.0187. The van der Waals surface area contributed by atoms with E-state index in [9.17, 15) is 4.79 Å². The molecule has 1 unspecified atom stereocenters. The molecule has 2 rings (SSSR count). The van der Waals surface area contributed by atoms with Crippen molar-refractivity contribution in [1.82, 2.24) is 15.5 Å². The Labute approximate surface area is 140 Å². The SMILES string of the molecule is CN(C)CC(C)(C)CNC(=O)c1ccc(C2CCCNC2)cc1. The summed E-state index contributed by atoms with van der Waals surface area (Å²) in [7, 11) is 4.12. The van der Waals surface area contributed by atoms with E-state index in [2.05, 4.69) is 55.6 Å². The van der Waals surface area contributed by atoms with E-state index in [0.717, 1.165) is 25.2 Å². The van der Waals surface area contributed by atoms with Crippen molar-refractivity contribution in [2.45, 2.75) is 32.6 Å². The second-order valence-electron chi connectivity index (χ2n) is 7.75. The number of amides is 1. The molecule has 1 saturated heterocycles. The Balaban J connectivity index is 1.89. The molecule has 0 radical (unpaired) electrons. The Bertz CT molecular complexity index is 502. The molecule has 1 heterocycles. The summed E-state index contributed by atoms with van der Waals surface area (Å²) >= 11 is 0. The zero-order valence-electron chi connectivity index (χ0n) is 15.0. The van der Waals surface area contributed by atoms with Crippen LogP contribution >= 0.6 is 0 Å². The van der Waals surface area contributed by atoms with E-state index >= 15 is 0 Å². The van der Waals surface area contributed by atoms with E-state index < -0.39 is 0 Å². The number of hydrogen-bond donors (Lipinski definition) is 2. The van der Waals surface area contributed by atoms with E-state index in [1.54, 1.807) is 0 Å². The van der Waals surface area contributed by atoms with Crippen LogP contribution in [0.3, 0.4) is 0 Å². The first kappa shape index (κ1) is 18.0. The number of benzene rings is 1. The smallest absolute Gasteiger partial charge is 0.251 e. The third kappa shape index (κ3) is 5.63. The van der Waals surface area contributed by atoms with E-state index in [0.29, 0.717) is 12.5 Å². The number of nitrogens with zero attached hydrogens (tertiary/aromatic N) is 1. The minimum Gasteiger partial charge on any atom is -0.351 e. The molecule has 0 aliphatic carbocycles. The van der Waals surface area contributed by atoms with Gasteiger partial charge in [-0.15, -0.1) is 0 Å². The largest absolute Gasteiger partial charge is 0.351 e. The highest BCUT2D eigenvalue weighted by atomic mass is 16.1. The number of rotatable bonds is 6. The van der Waals surface area contributed by atoms with E-state index in [-0.39, 0.29) is 11.3 Å². The lowest BCUT2D eigenvalue weighted by Crippen LogP contribution is -2.39. The molecule has 1 aromatic rings. The minimum atomic E-state index is 0.0187. The summed E-state index contributed by atoms with van der Waals surface area (Å²) in [6, 6.07) is 8.13. The fraction of sp³-hybridized carbons (Fsp3) is 0.632. The lowest BCUT2D eigenvalue weighted by Gasteiger charge is -2.28. The van der Waals surface area contributed by atoms with Crippen molar-refractivity contribution in [3.8, 4) is 0 Å². The molecular weight excluding hydrogens is 286 g/mol. The van der Waals surface area contributed by atoms with Crippen LogP contribution in [0.4, 0.5) is 0 Å². The molecule has 4 nitrogen and oxygen atoms in total. The van der Waals surface area contributed by atoms with Gasteiger partial charge in [0.25, 0.3) is 5.91 Å². The van der Waals surface area contributed by atoms with E-state index in [4.69, 9.17) is 0 Å². The van der Waals surface area contributed by atoms with Gasteiger partial charge in [-0.05, 0) is 62.5 Å². The lowest BCUT2D eigenvalue weighted by molar-refractivity contribution is 0.0929. The van der Waals surface area contributed by atoms with Gasteiger partial charge in [-0.1, -0.05) is 26.0 Å². The topological polar surface area (TPSA) is 44.4 Å². The van der Waals surface area contributed by atoms with Crippen LogP contribution in [0.15, 0.2) is 24.3 Å². The molecule has 0 spiro atoms. The summed E-state index contributed by atoms with van der Waals surface area (Å²) in [5.41, 5.74) is 2.15. The average molecular weight is 317 g/mol. The first-order chi connectivity index (χ1) is 10.9. The molecule has 0 saturated carbocycles. The molecule has 0 aromatic heterocycles. The Morgan fingerprint density at radius 1 is 1.30 bits per heavy atom. The molecule has 0 bridgehead atoms. The van der Waals surface area contributed by atoms with Crippen molar-refractivity contribution in [3.05, 3.63) is 35.4 Å². The highest BCUT2D eigenvalue weighted by Crippen LogP contribution is 2.23. The lowest BCUT2D eigenvalue weighted by atomic mass is 9.91. The van der Waals surface area contributed by atoms with Crippen LogP contribution in [0.25, 0.3) is 0 Å². The van der Waals surface area contributed by atoms with E-state index in [1.807, 2.05) is 12.1 Å². The van der Waals surface area contributed by atoms with Gasteiger partial charge < -0.3 is 15.5 Å². The standard InChI is InChI=1S/C19H31N3O/c1-19(2,14-22(3)4)13-21-18(23)16-9-7-15(8-10-16)17-6-5-11-20-12-17/h7-10,17,20H,5-6,11-14H2,1-4H3,(H,21,23). The first-order valence-corrected chi connectivity index (χ1v) is 8.61. The predicted molar refractivity (Wildman–Crippen MR) is 96.0 cm³/mol. The maximum Gasteiger partial charge on any atom is 0.251 e. The van der Waals surface area contributed by atoms with Crippen LogP contribution in [-0.2, 0) is 0 Å². The summed E-state index contributed by atoms with van der Waals surface area (Å²) in [6.45, 7) is 8.14. The van der Waals surface area contributed by atoms with E-state index in [1.165, 1.54) is 18.4 Å². The van der Waals surface area contributed by atoms with Crippen LogP contribution in [0.2, 0.25) is 0 Å².